The quantitative estimate of drug-likeness (QED) is 0.272. The molecule has 0 saturated heterocycles. The van der Waals surface area contributed by atoms with Crippen molar-refractivity contribution in [3.05, 3.63) is 42.1 Å². The first-order valence-corrected chi connectivity index (χ1v) is 15.6. The second-order valence-corrected chi connectivity index (χ2v) is 11.2. The highest BCUT2D eigenvalue weighted by atomic mass is 16.2. The van der Waals surface area contributed by atoms with Gasteiger partial charge in [0.2, 0.25) is 12.3 Å². The van der Waals surface area contributed by atoms with Crippen molar-refractivity contribution < 1.29 is 9.59 Å². The Kier molecular flexibility index (Phi) is 14.0. The first kappa shape index (κ1) is 32.8. The molecule has 0 radical (unpaired) electrons. The molecule has 1 aromatic heterocycles. The van der Waals surface area contributed by atoms with Gasteiger partial charge >= 0.3 is 0 Å². The van der Waals surface area contributed by atoms with Gasteiger partial charge in [0.1, 0.15) is 0 Å². The summed E-state index contributed by atoms with van der Waals surface area (Å²) in [5, 5.41) is 1.25. The molecule has 4 rings (SSSR count). The number of aromatic nitrogens is 1. The summed E-state index contributed by atoms with van der Waals surface area (Å²) in [4.78, 5) is 27.3. The minimum absolute atomic E-state index is 0.252. The zero-order valence-corrected chi connectivity index (χ0v) is 26.0. The van der Waals surface area contributed by atoms with Crippen LogP contribution in [-0.2, 0) is 11.2 Å². The largest absolute Gasteiger partial charge is 0.346 e. The Labute approximate surface area is 238 Å². The highest BCUT2D eigenvalue weighted by Crippen LogP contribution is 2.39. The molecule has 1 amide bonds. The molecule has 1 heterocycles. The molecule has 2 aromatic rings. The van der Waals surface area contributed by atoms with Gasteiger partial charge in [-0.05, 0) is 67.8 Å². The zero-order chi connectivity index (χ0) is 28.9. The Balaban J connectivity index is 0.000000460. The molecule has 0 bridgehead atoms. The maximum atomic E-state index is 13.1. The van der Waals surface area contributed by atoms with E-state index in [2.05, 4.69) is 63.7 Å². The molecule has 2 aliphatic rings. The average molecular weight is 538 g/mol. The molecule has 0 N–H and O–H groups in total. The fourth-order valence-corrected chi connectivity index (χ4v) is 6.00. The monoisotopic (exact) mass is 537 g/mol. The molecule has 0 spiro atoms. The minimum Gasteiger partial charge on any atom is -0.346 e. The van der Waals surface area contributed by atoms with Crippen molar-refractivity contribution in [1.29, 1.82) is 0 Å². The van der Waals surface area contributed by atoms with Crippen molar-refractivity contribution in [2.24, 2.45) is 11.8 Å². The Morgan fingerprint density at radius 3 is 2.44 bits per heavy atom. The maximum Gasteiger partial charge on any atom is 0.231 e. The third kappa shape index (κ3) is 8.54. The molecule has 2 aliphatic carbocycles. The smallest absolute Gasteiger partial charge is 0.231 e. The van der Waals surface area contributed by atoms with E-state index in [0.29, 0.717) is 18.4 Å². The number of hydrogen-bond donors (Lipinski definition) is 0. The lowest BCUT2D eigenvalue weighted by molar-refractivity contribution is -0.118. The number of hydrogen-bond acceptors (Lipinski definition) is 3. The molecule has 2 atom stereocenters. The van der Waals surface area contributed by atoms with Gasteiger partial charge in [-0.25, -0.2) is 0 Å². The van der Waals surface area contributed by atoms with Crippen LogP contribution in [0, 0.1) is 11.8 Å². The molecular weight excluding hydrogens is 482 g/mol. The van der Waals surface area contributed by atoms with Gasteiger partial charge in [0.05, 0.1) is 5.52 Å². The summed E-state index contributed by atoms with van der Waals surface area (Å²) in [6, 6.07) is 6.69. The molecule has 218 valence electrons. The van der Waals surface area contributed by atoms with Crippen LogP contribution in [0.2, 0.25) is 0 Å². The summed E-state index contributed by atoms with van der Waals surface area (Å²) >= 11 is 0. The summed E-state index contributed by atoms with van der Waals surface area (Å²) in [6.07, 6.45) is 13.2. The van der Waals surface area contributed by atoms with Gasteiger partial charge in [-0.3, -0.25) is 19.1 Å². The predicted octanol–water partition coefficient (Wildman–Crippen LogP) is 8.07. The predicted molar refractivity (Wildman–Crippen MR) is 167 cm³/mol. The van der Waals surface area contributed by atoms with Crippen LogP contribution < -0.4 is 0 Å². The Morgan fingerprint density at radius 1 is 1.18 bits per heavy atom. The van der Waals surface area contributed by atoms with E-state index in [4.69, 9.17) is 0 Å². The van der Waals surface area contributed by atoms with Gasteiger partial charge in [-0.2, -0.15) is 0 Å². The van der Waals surface area contributed by atoms with E-state index >= 15 is 0 Å². The summed E-state index contributed by atoms with van der Waals surface area (Å²) in [6.45, 7) is 19.9. The minimum atomic E-state index is 0.252. The third-order valence-corrected chi connectivity index (χ3v) is 8.47. The number of rotatable bonds is 11. The summed E-state index contributed by atoms with van der Waals surface area (Å²) in [5.74, 6) is 1.68. The standard InChI is InChI=1S/C26H36N2O.C6H13NO.C2H6/c1-5-18(2)16-27(4)24-15-21-17-28(25(29)14-13-20-9-6-7-10-20)23-12-8-11-22(19(24)3)26(21)23;1-3-5-7(4-2)6-8;1-2/h8,11-12,17-18,20,24H,3,5-7,9-10,13-16H2,1-2,4H3;6H,3-5H2,1-2H3;1-2H3/t18?,24-;;/m1../s1. The molecule has 1 aromatic carbocycles. The lowest BCUT2D eigenvalue weighted by Gasteiger charge is -2.34. The van der Waals surface area contributed by atoms with E-state index < -0.39 is 0 Å². The van der Waals surface area contributed by atoms with Gasteiger partial charge in [0.25, 0.3) is 0 Å². The Morgan fingerprint density at radius 2 is 1.87 bits per heavy atom. The number of amides is 1. The van der Waals surface area contributed by atoms with Crippen LogP contribution in [-0.4, -0.2) is 59.4 Å². The normalized spacial score (nSPS) is 17.3. The van der Waals surface area contributed by atoms with E-state index in [0.717, 1.165) is 56.7 Å². The van der Waals surface area contributed by atoms with E-state index in [1.165, 1.54) is 54.2 Å². The topological polar surface area (TPSA) is 45.6 Å². The van der Waals surface area contributed by atoms with Crippen molar-refractivity contribution in [2.75, 3.05) is 26.7 Å². The third-order valence-electron chi connectivity index (χ3n) is 8.47. The van der Waals surface area contributed by atoms with Crippen LogP contribution in [0.5, 0.6) is 0 Å². The van der Waals surface area contributed by atoms with Gasteiger partial charge in [0, 0.05) is 43.7 Å². The molecular formula is C34H55N3O2. The van der Waals surface area contributed by atoms with E-state index in [1.807, 2.05) is 25.3 Å². The first-order valence-electron chi connectivity index (χ1n) is 15.6. The summed E-state index contributed by atoms with van der Waals surface area (Å²) in [5.41, 5.74) is 4.80. The van der Waals surface area contributed by atoms with Crippen LogP contribution in [0.25, 0.3) is 16.5 Å². The van der Waals surface area contributed by atoms with Crippen LogP contribution >= 0.6 is 0 Å². The fraction of sp³-hybridized carbons (Fsp3) is 0.647. The molecule has 1 fully saturated rings. The number of benzene rings is 1. The molecule has 5 nitrogen and oxygen atoms in total. The first-order chi connectivity index (χ1) is 18.8. The Hall–Kier alpha value is -2.40. The number of likely N-dealkylation sites (N-methyl/N-ethyl adjacent to an activating group) is 1. The zero-order valence-electron chi connectivity index (χ0n) is 26.0. The highest BCUT2D eigenvalue weighted by molar-refractivity contribution is 6.02. The van der Waals surface area contributed by atoms with Crippen molar-refractivity contribution >= 4 is 28.8 Å². The fourth-order valence-electron chi connectivity index (χ4n) is 6.00. The lowest BCUT2D eigenvalue weighted by atomic mass is 9.84. The van der Waals surface area contributed by atoms with Gasteiger partial charge < -0.3 is 4.90 Å². The van der Waals surface area contributed by atoms with Crippen LogP contribution in [0.15, 0.2) is 31.0 Å². The second-order valence-electron chi connectivity index (χ2n) is 11.2. The number of carbonyl (C=O) groups is 2. The molecule has 0 aliphatic heterocycles. The summed E-state index contributed by atoms with van der Waals surface area (Å²) < 4.78 is 1.94. The molecule has 5 heteroatoms. The molecule has 1 unspecified atom stereocenters. The van der Waals surface area contributed by atoms with Crippen molar-refractivity contribution in [3.63, 3.8) is 0 Å². The highest BCUT2D eigenvalue weighted by Gasteiger charge is 2.30. The maximum absolute atomic E-state index is 13.1. The van der Waals surface area contributed by atoms with Crippen LogP contribution in [0.1, 0.15) is 109 Å². The van der Waals surface area contributed by atoms with Gasteiger partial charge in [-0.1, -0.05) is 85.4 Å². The SMILES string of the molecule is C=C1c2cccc3c2c(cn3C(=O)CCC2CCCC2)C[C@H]1N(C)CC(C)CC.CC.CCCN(C=O)CC. The number of carbonyl (C=O) groups excluding carboxylic acids is 2. The van der Waals surface area contributed by atoms with Gasteiger partial charge in [-0.15, -0.1) is 0 Å². The summed E-state index contributed by atoms with van der Waals surface area (Å²) in [7, 11) is 2.22. The van der Waals surface area contributed by atoms with Crippen molar-refractivity contribution in [3.8, 4) is 0 Å². The number of nitrogens with zero attached hydrogens (tertiary/aromatic N) is 3. The Bertz CT molecular complexity index is 1050. The van der Waals surface area contributed by atoms with Crippen LogP contribution in [0.4, 0.5) is 0 Å². The van der Waals surface area contributed by atoms with Crippen LogP contribution in [0.3, 0.4) is 0 Å². The average Bonchev–Trinajstić information content (AvgIpc) is 3.62. The lowest BCUT2D eigenvalue weighted by Crippen LogP contribution is -2.38. The second kappa shape index (κ2) is 16.6. The van der Waals surface area contributed by atoms with E-state index in [-0.39, 0.29) is 5.91 Å². The van der Waals surface area contributed by atoms with E-state index in [9.17, 15) is 9.59 Å². The van der Waals surface area contributed by atoms with E-state index in [1.54, 1.807) is 4.90 Å². The van der Waals surface area contributed by atoms with Crippen molar-refractivity contribution in [2.45, 2.75) is 105 Å². The molecule has 1 saturated carbocycles. The van der Waals surface area contributed by atoms with Gasteiger partial charge in [0.15, 0.2) is 0 Å². The van der Waals surface area contributed by atoms with Crippen molar-refractivity contribution in [1.82, 2.24) is 14.4 Å². The molecule has 39 heavy (non-hydrogen) atoms.